The molecule has 1 N–H and O–H groups in total. The maximum atomic E-state index is 12.7. The van der Waals surface area contributed by atoms with Crippen molar-refractivity contribution in [1.29, 1.82) is 0 Å². The first-order valence-electron chi connectivity index (χ1n) is 8.79. The Morgan fingerprint density at radius 1 is 1.28 bits per heavy atom. The Labute approximate surface area is 146 Å². The number of amides is 1. The number of hydrogen-bond donors (Lipinski definition) is 1. The molecule has 1 amide bonds. The third kappa shape index (κ3) is 2.94. The smallest absolute Gasteiger partial charge is 0.265 e. The Hall–Kier alpha value is -2.57. The summed E-state index contributed by atoms with van der Waals surface area (Å²) < 4.78 is 13.8. The molecule has 1 aromatic carbocycles. The highest BCUT2D eigenvalue weighted by molar-refractivity contribution is 5.82. The Balaban J connectivity index is 1.44. The molecule has 0 bridgehead atoms. The second-order valence-corrected chi connectivity index (χ2v) is 6.55. The molecule has 132 valence electrons. The van der Waals surface area contributed by atoms with Gasteiger partial charge in [-0.15, -0.1) is 10.2 Å². The summed E-state index contributed by atoms with van der Waals surface area (Å²) in [4.78, 5) is 12.7. The number of hydrogen-bond acceptors (Lipinski definition) is 5. The third-order valence-corrected chi connectivity index (χ3v) is 4.79. The van der Waals surface area contributed by atoms with Gasteiger partial charge in [0.2, 0.25) is 6.10 Å². The fourth-order valence-electron chi connectivity index (χ4n) is 3.45. The molecule has 2 aliphatic heterocycles. The molecule has 3 unspecified atom stereocenters. The number of aromatic nitrogens is 3. The molecule has 7 heteroatoms. The zero-order chi connectivity index (χ0) is 17.4. The molecule has 3 heterocycles. The summed E-state index contributed by atoms with van der Waals surface area (Å²) in [6.07, 6.45) is 1.52. The summed E-state index contributed by atoms with van der Waals surface area (Å²) in [5.74, 6) is 3.12. The highest BCUT2D eigenvalue weighted by Gasteiger charge is 2.35. The van der Waals surface area contributed by atoms with Gasteiger partial charge >= 0.3 is 0 Å². The largest absolute Gasteiger partial charge is 0.482 e. The summed E-state index contributed by atoms with van der Waals surface area (Å²) in [6, 6.07) is 7.47. The van der Waals surface area contributed by atoms with E-state index in [1.165, 1.54) is 0 Å². The molecular weight excluding hydrogens is 320 g/mol. The summed E-state index contributed by atoms with van der Waals surface area (Å²) >= 11 is 0. The molecule has 3 atom stereocenters. The molecule has 25 heavy (non-hydrogen) atoms. The number of rotatable bonds is 3. The number of aryl methyl sites for hydroxylation is 2. The molecule has 4 rings (SSSR count). The molecule has 2 aliphatic rings. The van der Waals surface area contributed by atoms with Crippen molar-refractivity contribution in [3.05, 3.63) is 35.9 Å². The van der Waals surface area contributed by atoms with Crippen LogP contribution in [0.25, 0.3) is 0 Å². The minimum absolute atomic E-state index is 0.0503. The van der Waals surface area contributed by atoms with Crippen molar-refractivity contribution < 1.29 is 14.3 Å². The number of carbonyl (C=O) groups excluding carboxylic acids is 1. The zero-order valence-electron chi connectivity index (χ0n) is 14.4. The van der Waals surface area contributed by atoms with Crippen molar-refractivity contribution in [2.24, 2.45) is 0 Å². The summed E-state index contributed by atoms with van der Waals surface area (Å²) in [5.41, 5.74) is 0. The Morgan fingerprint density at radius 3 is 2.80 bits per heavy atom. The van der Waals surface area contributed by atoms with Crippen LogP contribution in [0.1, 0.15) is 31.9 Å². The number of nitrogens with one attached hydrogen (secondary N) is 1. The lowest BCUT2D eigenvalue weighted by atomic mass is 10.1. The van der Waals surface area contributed by atoms with Gasteiger partial charge < -0.3 is 19.4 Å². The van der Waals surface area contributed by atoms with Crippen LogP contribution in [-0.2, 0) is 24.2 Å². The first-order chi connectivity index (χ1) is 12.2. The Morgan fingerprint density at radius 2 is 2.04 bits per heavy atom. The van der Waals surface area contributed by atoms with Crippen molar-refractivity contribution >= 4 is 5.91 Å². The van der Waals surface area contributed by atoms with Gasteiger partial charge in [-0.3, -0.25) is 4.79 Å². The SMILES string of the molecule is CCc1nnc2n1CC(NC(=O)C1Oc3ccccc3OC1C)CC2. The van der Waals surface area contributed by atoms with Crippen molar-refractivity contribution in [3.8, 4) is 11.5 Å². The second-order valence-electron chi connectivity index (χ2n) is 6.55. The summed E-state index contributed by atoms with van der Waals surface area (Å²) in [5, 5.41) is 11.5. The highest BCUT2D eigenvalue weighted by Crippen LogP contribution is 2.33. The molecule has 7 nitrogen and oxygen atoms in total. The van der Waals surface area contributed by atoms with Crippen LogP contribution in [0.2, 0.25) is 0 Å². The minimum atomic E-state index is -0.650. The van der Waals surface area contributed by atoms with Gasteiger partial charge in [-0.05, 0) is 25.5 Å². The zero-order valence-corrected chi connectivity index (χ0v) is 14.4. The van der Waals surface area contributed by atoms with Crippen LogP contribution in [0.4, 0.5) is 0 Å². The van der Waals surface area contributed by atoms with Crippen LogP contribution in [0.5, 0.6) is 11.5 Å². The topological polar surface area (TPSA) is 78.3 Å². The van der Waals surface area contributed by atoms with E-state index < -0.39 is 6.10 Å². The standard InChI is InChI=1S/C18H22N4O3/c1-3-15-20-21-16-9-8-12(10-22(15)16)19-18(23)17-11(2)24-13-6-4-5-7-14(13)25-17/h4-7,11-12,17H,3,8-10H2,1-2H3,(H,19,23). The average molecular weight is 342 g/mol. The normalized spacial score (nSPS) is 24.5. The fourth-order valence-corrected chi connectivity index (χ4v) is 3.45. The summed E-state index contributed by atoms with van der Waals surface area (Å²) in [7, 11) is 0. The highest BCUT2D eigenvalue weighted by atomic mass is 16.6. The first kappa shape index (κ1) is 15.9. The van der Waals surface area contributed by atoms with Crippen LogP contribution in [0.3, 0.4) is 0 Å². The Kier molecular flexibility index (Phi) is 4.07. The number of carbonyl (C=O) groups is 1. The van der Waals surface area contributed by atoms with E-state index in [0.717, 1.165) is 30.9 Å². The van der Waals surface area contributed by atoms with Gasteiger partial charge in [-0.1, -0.05) is 19.1 Å². The van der Waals surface area contributed by atoms with E-state index in [0.29, 0.717) is 18.0 Å². The predicted molar refractivity (Wildman–Crippen MR) is 90.6 cm³/mol. The number of ether oxygens (including phenoxy) is 2. The van der Waals surface area contributed by atoms with Crippen LogP contribution < -0.4 is 14.8 Å². The second kappa shape index (κ2) is 6.38. The predicted octanol–water partition coefficient (Wildman–Crippen LogP) is 1.50. The van der Waals surface area contributed by atoms with Crippen LogP contribution in [-0.4, -0.2) is 38.9 Å². The first-order valence-corrected chi connectivity index (χ1v) is 8.79. The van der Waals surface area contributed by atoms with Crippen LogP contribution in [0, 0.1) is 0 Å². The number of nitrogens with zero attached hydrogens (tertiary/aromatic N) is 3. The fraction of sp³-hybridized carbons (Fsp3) is 0.500. The molecule has 0 spiro atoms. The molecular formula is C18H22N4O3. The lowest BCUT2D eigenvalue weighted by Gasteiger charge is -2.33. The van der Waals surface area contributed by atoms with E-state index in [-0.39, 0.29) is 18.1 Å². The molecule has 0 saturated carbocycles. The van der Waals surface area contributed by atoms with Crippen molar-refractivity contribution in [3.63, 3.8) is 0 Å². The molecule has 0 fully saturated rings. The number of benzene rings is 1. The van der Waals surface area contributed by atoms with Gasteiger partial charge in [0, 0.05) is 25.4 Å². The van der Waals surface area contributed by atoms with Crippen molar-refractivity contribution in [2.45, 2.75) is 57.9 Å². The maximum absolute atomic E-state index is 12.7. The van der Waals surface area contributed by atoms with E-state index in [9.17, 15) is 4.79 Å². The number of fused-ring (bicyclic) bond motifs is 2. The molecule has 0 saturated heterocycles. The molecule has 2 aromatic rings. The third-order valence-electron chi connectivity index (χ3n) is 4.79. The molecule has 0 radical (unpaired) electrons. The van der Waals surface area contributed by atoms with E-state index >= 15 is 0 Å². The van der Waals surface area contributed by atoms with E-state index in [1.807, 2.05) is 31.2 Å². The number of para-hydroxylation sites is 2. The van der Waals surface area contributed by atoms with Gasteiger partial charge in [0.25, 0.3) is 5.91 Å². The summed E-state index contributed by atoms with van der Waals surface area (Å²) in [6.45, 7) is 4.62. The van der Waals surface area contributed by atoms with Gasteiger partial charge in [-0.25, -0.2) is 0 Å². The van der Waals surface area contributed by atoms with Gasteiger partial charge in [-0.2, -0.15) is 0 Å². The van der Waals surface area contributed by atoms with Crippen LogP contribution >= 0.6 is 0 Å². The van der Waals surface area contributed by atoms with Gasteiger partial charge in [0.05, 0.1) is 0 Å². The van der Waals surface area contributed by atoms with Gasteiger partial charge in [0.15, 0.2) is 11.5 Å². The van der Waals surface area contributed by atoms with Crippen molar-refractivity contribution in [2.75, 3.05) is 0 Å². The quantitative estimate of drug-likeness (QED) is 0.914. The van der Waals surface area contributed by atoms with Crippen LogP contribution in [0.15, 0.2) is 24.3 Å². The van der Waals surface area contributed by atoms with E-state index in [4.69, 9.17) is 9.47 Å². The molecule has 1 aromatic heterocycles. The average Bonchev–Trinajstić information content (AvgIpc) is 3.03. The van der Waals surface area contributed by atoms with Gasteiger partial charge in [0.1, 0.15) is 17.8 Å². The van der Waals surface area contributed by atoms with E-state index in [1.54, 1.807) is 0 Å². The van der Waals surface area contributed by atoms with E-state index in [2.05, 4.69) is 27.0 Å². The monoisotopic (exact) mass is 342 g/mol. The Bertz CT molecular complexity index is 775. The lowest BCUT2D eigenvalue weighted by Crippen LogP contribution is -2.53. The lowest BCUT2D eigenvalue weighted by molar-refractivity contribution is -0.134. The molecule has 0 aliphatic carbocycles. The maximum Gasteiger partial charge on any atom is 0.265 e. The minimum Gasteiger partial charge on any atom is -0.482 e. The van der Waals surface area contributed by atoms with Crippen molar-refractivity contribution in [1.82, 2.24) is 20.1 Å².